The molecule has 150 valence electrons. The van der Waals surface area contributed by atoms with E-state index in [1.54, 1.807) is 4.40 Å². The van der Waals surface area contributed by atoms with Gasteiger partial charge in [-0.2, -0.15) is 0 Å². The summed E-state index contributed by atoms with van der Waals surface area (Å²) >= 11 is 0. The summed E-state index contributed by atoms with van der Waals surface area (Å²) in [5.74, 6) is 0. The zero-order chi connectivity index (χ0) is 20.1. The molecule has 0 radical (unpaired) electrons. The lowest BCUT2D eigenvalue weighted by atomic mass is 10.0. The van der Waals surface area contributed by atoms with E-state index in [-0.39, 0.29) is 5.56 Å². The van der Waals surface area contributed by atoms with Gasteiger partial charge in [0.05, 0.1) is 24.2 Å². The van der Waals surface area contributed by atoms with Gasteiger partial charge in [-0.3, -0.25) is 14.1 Å². The molecule has 1 N–H and O–H groups in total. The monoisotopic (exact) mass is 398 g/mol. The van der Waals surface area contributed by atoms with Crippen molar-refractivity contribution in [1.82, 2.24) is 14.3 Å². The van der Waals surface area contributed by atoms with Crippen molar-refractivity contribution in [2.75, 3.05) is 44.7 Å². The van der Waals surface area contributed by atoms with Crippen LogP contribution in [-0.4, -0.2) is 53.7 Å². The van der Waals surface area contributed by atoms with Crippen molar-refractivity contribution in [3.8, 4) is 0 Å². The van der Waals surface area contributed by atoms with Crippen LogP contribution >= 0.6 is 0 Å². The topological polar surface area (TPSA) is 58.9 Å². The number of morpholine rings is 1. The third-order valence-electron chi connectivity index (χ3n) is 6.12. The molecule has 0 unspecified atom stereocenters. The number of nitrogens with one attached hydrogen (secondary N) is 1. The van der Waals surface area contributed by atoms with Gasteiger partial charge in [-0.15, -0.1) is 0 Å². The molecule has 1 fully saturated rings. The number of anilines is 1. The van der Waals surface area contributed by atoms with E-state index in [2.05, 4.69) is 28.4 Å². The smallest absolute Gasteiger partial charge is 0.264 e. The summed E-state index contributed by atoms with van der Waals surface area (Å²) in [6.45, 7) is 5.41. The highest BCUT2D eigenvalue weighted by atomic mass is 16.5. The number of pyridine rings is 1. The Morgan fingerprint density at radius 3 is 2.67 bits per heavy atom. The van der Waals surface area contributed by atoms with Crippen LogP contribution in [0.25, 0.3) is 38.2 Å². The average molecular weight is 398 g/mol. The van der Waals surface area contributed by atoms with Crippen molar-refractivity contribution in [1.29, 1.82) is 0 Å². The summed E-state index contributed by atoms with van der Waals surface area (Å²) in [5.41, 5.74) is 3.47. The van der Waals surface area contributed by atoms with Crippen LogP contribution in [0.1, 0.15) is 0 Å². The molecule has 0 aliphatic carbocycles. The Bertz CT molecular complexity index is 1440. The third kappa shape index (κ3) is 2.65. The molecule has 2 aromatic heterocycles. The third-order valence-corrected chi connectivity index (χ3v) is 6.12. The first-order chi connectivity index (χ1) is 14.8. The molecule has 6 heteroatoms. The van der Waals surface area contributed by atoms with Crippen LogP contribution in [0.5, 0.6) is 0 Å². The maximum absolute atomic E-state index is 13.4. The number of ether oxygens (including phenoxy) is 1. The molecule has 1 saturated heterocycles. The Hall–Kier alpha value is -3.22. The Morgan fingerprint density at radius 2 is 1.77 bits per heavy atom. The van der Waals surface area contributed by atoms with Crippen LogP contribution in [0, 0.1) is 0 Å². The van der Waals surface area contributed by atoms with E-state index in [1.807, 2.05) is 36.4 Å². The second-order valence-corrected chi connectivity index (χ2v) is 7.83. The molecule has 6 rings (SSSR count). The van der Waals surface area contributed by atoms with Gasteiger partial charge >= 0.3 is 0 Å². The fourth-order valence-electron chi connectivity index (χ4n) is 4.63. The molecule has 0 amide bonds. The largest absolute Gasteiger partial charge is 0.383 e. The molecule has 0 bridgehead atoms. The molecule has 0 spiro atoms. The number of hydrogen-bond donors (Lipinski definition) is 1. The minimum atomic E-state index is -0.0118. The molecule has 1 aliphatic rings. The molecule has 3 heterocycles. The Labute approximate surface area is 173 Å². The molecular weight excluding hydrogens is 376 g/mol. The summed E-state index contributed by atoms with van der Waals surface area (Å²) in [6, 6.07) is 18.0. The molecule has 5 aromatic rings. The fourth-order valence-corrected chi connectivity index (χ4v) is 4.63. The van der Waals surface area contributed by atoms with Crippen molar-refractivity contribution in [2.24, 2.45) is 0 Å². The molecular formula is C24H22N4O2. The standard InChI is InChI=1S/C24H22N4O2/c29-24-18-5-3-4-16-19(25-10-11-27-12-14-30-15-13-27)9-8-17(22(16)18)23-26-20-6-1-2-7-21(20)28(23)24/h1-9,25H,10-15H2. The Morgan fingerprint density at radius 1 is 0.933 bits per heavy atom. The van der Waals surface area contributed by atoms with Gasteiger partial charge in [-0.25, -0.2) is 4.98 Å². The van der Waals surface area contributed by atoms with Crippen molar-refractivity contribution in [3.63, 3.8) is 0 Å². The number of benzene rings is 3. The van der Waals surface area contributed by atoms with Crippen LogP contribution in [0.2, 0.25) is 0 Å². The second-order valence-electron chi connectivity index (χ2n) is 7.83. The van der Waals surface area contributed by atoms with Gasteiger partial charge in [0, 0.05) is 53.4 Å². The van der Waals surface area contributed by atoms with E-state index in [1.165, 1.54) is 0 Å². The minimum Gasteiger partial charge on any atom is -0.383 e. The summed E-state index contributed by atoms with van der Waals surface area (Å²) in [6.07, 6.45) is 0. The van der Waals surface area contributed by atoms with E-state index in [0.717, 1.165) is 83.3 Å². The molecule has 0 atom stereocenters. The number of rotatable bonds is 4. The molecule has 6 nitrogen and oxygen atoms in total. The van der Waals surface area contributed by atoms with Crippen molar-refractivity contribution >= 4 is 43.9 Å². The summed E-state index contributed by atoms with van der Waals surface area (Å²) in [4.78, 5) is 20.6. The normalized spacial score (nSPS) is 15.6. The molecule has 3 aromatic carbocycles. The average Bonchev–Trinajstić information content (AvgIpc) is 3.18. The van der Waals surface area contributed by atoms with E-state index in [9.17, 15) is 4.79 Å². The Kier molecular flexibility index (Phi) is 4.07. The fraction of sp³-hybridized carbons (Fsp3) is 0.250. The van der Waals surface area contributed by atoms with Crippen molar-refractivity contribution in [3.05, 3.63) is 65.0 Å². The molecule has 1 aliphatic heterocycles. The SMILES string of the molecule is O=c1c2cccc3c(NCCN4CCOCC4)ccc(c32)c2nc3ccccc3n12. The zero-order valence-corrected chi connectivity index (χ0v) is 16.6. The van der Waals surface area contributed by atoms with Gasteiger partial charge in [0.25, 0.3) is 5.56 Å². The van der Waals surface area contributed by atoms with Gasteiger partial charge in [0.15, 0.2) is 0 Å². The maximum Gasteiger partial charge on any atom is 0.264 e. The highest BCUT2D eigenvalue weighted by Crippen LogP contribution is 2.33. The second kappa shape index (κ2) is 6.93. The summed E-state index contributed by atoms with van der Waals surface area (Å²) < 4.78 is 7.17. The van der Waals surface area contributed by atoms with Gasteiger partial charge < -0.3 is 10.1 Å². The van der Waals surface area contributed by atoms with Gasteiger partial charge in [-0.05, 0) is 30.3 Å². The van der Waals surface area contributed by atoms with Gasteiger partial charge in [-0.1, -0.05) is 24.3 Å². The van der Waals surface area contributed by atoms with Crippen molar-refractivity contribution < 1.29 is 4.74 Å². The Balaban J connectivity index is 1.48. The van der Waals surface area contributed by atoms with Crippen LogP contribution in [0.15, 0.2) is 59.4 Å². The molecule has 30 heavy (non-hydrogen) atoms. The number of nitrogens with zero attached hydrogens (tertiary/aromatic N) is 3. The van der Waals surface area contributed by atoms with Gasteiger partial charge in [0.2, 0.25) is 0 Å². The van der Waals surface area contributed by atoms with Crippen LogP contribution < -0.4 is 10.9 Å². The van der Waals surface area contributed by atoms with Crippen LogP contribution in [0.3, 0.4) is 0 Å². The summed E-state index contributed by atoms with van der Waals surface area (Å²) in [5, 5.41) is 7.38. The highest BCUT2D eigenvalue weighted by molar-refractivity contribution is 6.18. The lowest BCUT2D eigenvalue weighted by Gasteiger charge is -2.26. The number of para-hydroxylation sites is 2. The van der Waals surface area contributed by atoms with E-state index < -0.39 is 0 Å². The lowest BCUT2D eigenvalue weighted by Crippen LogP contribution is -2.39. The van der Waals surface area contributed by atoms with Crippen molar-refractivity contribution in [2.45, 2.75) is 0 Å². The number of imidazole rings is 1. The minimum absolute atomic E-state index is 0.0118. The molecule has 0 saturated carbocycles. The lowest BCUT2D eigenvalue weighted by molar-refractivity contribution is 0.0398. The first kappa shape index (κ1) is 17.6. The van der Waals surface area contributed by atoms with Crippen LogP contribution in [-0.2, 0) is 4.74 Å². The summed E-state index contributed by atoms with van der Waals surface area (Å²) in [7, 11) is 0. The number of fused-ring (bicyclic) bond motifs is 4. The first-order valence-corrected chi connectivity index (χ1v) is 10.4. The zero-order valence-electron chi connectivity index (χ0n) is 16.6. The predicted octanol–water partition coefficient (Wildman–Crippen LogP) is 3.34. The van der Waals surface area contributed by atoms with E-state index in [4.69, 9.17) is 9.72 Å². The quantitative estimate of drug-likeness (QED) is 0.503. The van der Waals surface area contributed by atoms with Crippen LogP contribution in [0.4, 0.5) is 5.69 Å². The number of aromatic nitrogens is 2. The first-order valence-electron chi connectivity index (χ1n) is 10.4. The predicted molar refractivity (Wildman–Crippen MR) is 121 cm³/mol. The van der Waals surface area contributed by atoms with Gasteiger partial charge in [0.1, 0.15) is 5.65 Å². The van der Waals surface area contributed by atoms with E-state index >= 15 is 0 Å². The van der Waals surface area contributed by atoms with E-state index in [0.29, 0.717) is 0 Å². The number of hydrogen-bond acceptors (Lipinski definition) is 5. The maximum atomic E-state index is 13.4. The highest BCUT2D eigenvalue weighted by Gasteiger charge is 2.17.